The van der Waals surface area contributed by atoms with E-state index in [4.69, 9.17) is 11.5 Å². The first-order valence-corrected chi connectivity index (χ1v) is 12.8. The summed E-state index contributed by atoms with van der Waals surface area (Å²) < 4.78 is 36.9. The number of benzene rings is 1. The first kappa shape index (κ1) is 24.9. The van der Waals surface area contributed by atoms with Crippen molar-refractivity contribution in [1.82, 2.24) is 19.4 Å². The molecule has 15 heteroatoms. The van der Waals surface area contributed by atoms with E-state index in [1.54, 1.807) is 19.1 Å². The second kappa shape index (κ2) is 10.5. The standard InChI is InChI=1S/C18H23N7O5S3/c1-9-4-5-10-13(24-32-23-10)15(9)33(29,30)25-11-6-8-31-14(11)16(26)22-12(17(27)28)3-2-7-21-18(19)20/h4-6,8,12,18,21,25H,2-3,7,19-20H2,1H3,(H,22,26)(H,27,28)/t12-/m0/s1. The number of carboxylic acids is 1. The highest BCUT2D eigenvalue weighted by molar-refractivity contribution is 7.93. The first-order valence-electron chi connectivity index (χ1n) is 9.70. The summed E-state index contributed by atoms with van der Waals surface area (Å²) >= 11 is 1.88. The van der Waals surface area contributed by atoms with Crippen molar-refractivity contribution in [3.8, 4) is 0 Å². The number of sulfonamides is 1. The Hall–Kier alpha value is -2.69. The highest BCUT2D eigenvalue weighted by atomic mass is 32.2. The van der Waals surface area contributed by atoms with E-state index in [0.717, 1.165) is 23.1 Å². The molecule has 2 aromatic heterocycles. The van der Waals surface area contributed by atoms with E-state index < -0.39 is 34.2 Å². The third kappa shape index (κ3) is 6.01. The number of hydrogen-bond acceptors (Lipinski definition) is 11. The number of nitrogens with one attached hydrogen (secondary N) is 3. The predicted molar refractivity (Wildman–Crippen MR) is 126 cm³/mol. The lowest BCUT2D eigenvalue weighted by Gasteiger charge is -2.16. The molecular formula is C18H23N7O5S3. The van der Waals surface area contributed by atoms with Crippen LogP contribution in [-0.2, 0) is 14.8 Å². The van der Waals surface area contributed by atoms with Gasteiger partial charge in [0.25, 0.3) is 15.9 Å². The maximum absolute atomic E-state index is 13.1. The van der Waals surface area contributed by atoms with Crippen LogP contribution in [0.2, 0.25) is 0 Å². The topological polar surface area (TPSA) is 202 Å². The highest BCUT2D eigenvalue weighted by Gasteiger charge is 2.27. The van der Waals surface area contributed by atoms with Crippen LogP contribution in [0.25, 0.3) is 11.0 Å². The fraction of sp³-hybridized carbons (Fsp3) is 0.333. The lowest BCUT2D eigenvalue weighted by molar-refractivity contribution is -0.139. The number of rotatable bonds is 11. The largest absolute Gasteiger partial charge is 0.480 e. The van der Waals surface area contributed by atoms with Crippen LogP contribution in [0.15, 0.2) is 28.5 Å². The molecule has 1 aromatic carbocycles. The Morgan fingerprint density at radius 3 is 2.67 bits per heavy atom. The number of amides is 1. The summed E-state index contributed by atoms with van der Waals surface area (Å²) in [5.74, 6) is -1.92. The lowest BCUT2D eigenvalue weighted by Crippen LogP contribution is -2.46. The second-order valence-electron chi connectivity index (χ2n) is 7.10. The van der Waals surface area contributed by atoms with Crippen LogP contribution in [-0.4, -0.2) is 53.0 Å². The van der Waals surface area contributed by atoms with Crippen molar-refractivity contribution in [3.63, 3.8) is 0 Å². The van der Waals surface area contributed by atoms with E-state index in [0.29, 0.717) is 24.0 Å². The van der Waals surface area contributed by atoms with Crippen LogP contribution in [0.3, 0.4) is 0 Å². The van der Waals surface area contributed by atoms with Gasteiger partial charge in [0.05, 0.1) is 17.4 Å². The molecule has 0 saturated heterocycles. The molecule has 0 aliphatic carbocycles. The molecule has 0 aliphatic rings. The SMILES string of the molecule is Cc1ccc2nsnc2c1S(=O)(=O)Nc1ccsc1C(=O)N[C@@H](CCCNC(N)N)C(=O)O. The van der Waals surface area contributed by atoms with Crippen LogP contribution in [0.1, 0.15) is 28.1 Å². The Balaban J connectivity index is 1.77. The van der Waals surface area contributed by atoms with Crippen molar-refractivity contribution in [2.24, 2.45) is 11.5 Å². The molecule has 3 rings (SSSR count). The zero-order valence-corrected chi connectivity index (χ0v) is 19.9. The Kier molecular flexibility index (Phi) is 7.93. The summed E-state index contributed by atoms with van der Waals surface area (Å²) in [5.41, 5.74) is 12.0. The molecule has 3 aromatic rings. The molecule has 0 aliphatic heterocycles. The van der Waals surface area contributed by atoms with Gasteiger partial charge in [-0.25, -0.2) is 13.2 Å². The molecular weight excluding hydrogens is 490 g/mol. The van der Waals surface area contributed by atoms with E-state index in [9.17, 15) is 23.1 Å². The van der Waals surface area contributed by atoms with Crippen molar-refractivity contribution < 1.29 is 23.1 Å². The van der Waals surface area contributed by atoms with E-state index in [1.165, 1.54) is 11.4 Å². The van der Waals surface area contributed by atoms with E-state index in [2.05, 4.69) is 24.1 Å². The Morgan fingerprint density at radius 1 is 1.21 bits per heavy atom. The highest BCUT2D eigenvalue weighted by Crippen LogP contribution is 2.30. The summed E-state index contributed by atoms with van der Waals surface area (Å²) in [6.07, 6.45) is -0.193. The summed E-state index contributed by atoms with van der Waals surface area (Å²) in [6, 6.07) is 3.58. The molecule has 33 heavy (non-hydrogen) atoms. The Labute approximate surface area is 197 Å². The molecule has 0 radical (unpaired) electrons. The molecule has 0 saturated carbocycles. The fourth-order valence-corrected chi connectivity index (χ4v) is 5.96. The zero-order valence-electron chi connectivity index (χ0n) is 17.4. The maximum atomic E-state index is 13.1. The van der Waals surface area contributed by atoms with E-state index in [1.807, 2.05) is 0 Å². The van der Waals surface area contributed by atoms with Gasteiger partial charge in [0, 0.05) is 0 Å². The molecule has 1 amide bonds. The van der Waals surface area contributed by atoms with Gasteiger partial charge in [-0.05, 0) is 49.4 Å². The third-order valence-electron chi connectivity index (χ3n) is 4.62. The minimum Gasteiger partial charge on any atom is -0.480 e. The number of fused-ring (bicyclic) bond motifs is 1. The van der Waals surface area contributed by atoms with Crippen LogP contribution in [0.4, 0.5) is 5.69 Å². The van der Waals surface area contributed by atoms with Gasteiger partial charge in [-0.3, -0.25) is 14.8 Å². The number of anilines is 1. The predicted octanol–water partition coefficient (Wildman–Crippen LogP) is 0.616. The number of carbonyl (C=O) groups excluding carboxylic acids is 1. The Bertz CT molecular complexity index is 1260. The van der Waals surface area contributed by atoms with Gasteiger partial charge in [-0.1, -0.05) is 6.07 Å². The maximum Gasteiger partial charge on any atom is 0.326 e. The zero-order chi connectivity index (χ0) is 24.2. The second-order valence-corrected chi connectivity index (χ2v) is 10.2. The van der Waals surface area contributed by atoms with Gasteiger partial charge in [0.1, 0.15) is 33.1 Å². The molecule has 0 fully saturated rings. The Morgan fingerprint density at radius 2 is 1.97 bits per heavy atom. The monoisotopic (exact) mass is 513 g/mol. The molecule has 0 bridgehead atoms. The number of aryl methyl sites for hydroxylation is 1. The number of carboxylic acid groups (broad SMARTS) is 1. The molecule has 178 valence electrons. The number of carbonyl (C=O) groups is 2. The average Bonchev–Trinajstić information content (AvgIpc) is 3.38. The molecule has 2 heterocycles. The molecule has 0 unspecified atom stereocenters. The molecule has 8 N–H and O–H groups in total. The number of thiophene rings is 1. The average molecular weight is 514 g/mol. The van der Waals surface area contributed by atoms with Crippen molar-refractivity contribution in [3.05, 3.63) is 34.0 Å². The molecule has 1 atom stereocenters. The number of nitrogens with two attached hydrogens (primary N) is 2. The number of hydrogen-bond donors (Lipinski definition) is 6. The van der Waals surface area contributed by atoms with E-state index in [-0.39, 0.29) is 27.4 Å². The molecule has 0 spiro atoms. The van der Waals surface area contributed by atoms with Crippen molar-refractivity contribution in [1.29, 1.82) is 0 Å². The van der Waals surface area contributed by atoms with Crippen molar-refractivity contribution in [2.75, 3.05) is 11.3 Å². The lowest BCUT2D eigenvalue weighted by atomic mass is 10.1. The fourth-order valence-electron chi connectivity index (χ4n) is 3.09. The van der Waals surface area contributed by atoms with Crippen LogP contribution >= 0.6 is 23.1 Å². The van der Waals surface area contributed by atoms with Gasteiger partial charge in [-0.15, -0.1) is 11.3 Å². The van der Waals surface area contributed by atoms with Gasteiger partial charge >= 0.3 is 5.97 Å². The van der Waals surface area contributed by atoms with Crippen molar-refractivity contribution in [2.45, 2.75) is 37.0 Å². The normalized spacial score (nSPS) is 12.7. The number of aromatic nitrogens is 2. The first-order chi connectivity index (χ1) is 15.6. The summed E-state index contributed by atoms with van der Waals surface area (Å²) in [6.45, 7) is 2.01. The quantitative estimate of drug-likeness (QED) is 0.156. The number of nitrogens with zero attached hydrogens (tertiary/aromatic N) is 2. The van der Waals surface area contributed by atoms with Gasteiger partial charge in [-0.2, -0.15) is 8.75 Å². The van der Waals surface area contributed by atoms with Gasteiger partial charge in [0.2, 0.25) is 0 Å². The van der Waals surface area contributed by atoms with Crippen LogP contribution in [0, 0.1) is 6.92 Å². The summed E-state index contributed by atoms with van der Waals surface area (Å²) in [4.78, 5) is 24.3. The van der Waals surface area contributed by atoms with Crippen molar-refractivity contribution >= 4 is 61.7 Å². The van der Waals surface area contributed by atoms with Gasteiger partial charge < -0.3 is 21.9 Å². The third-order valence-corrected chi connectivity index (χ3v) is 7.61. The van der Waals surface area contributed by atoms with Gasteiger partial charge in [0.15, 0.2) is 0 Å². The minimum absolute atomic E-state index is 0.0275. The number of aliphatic carboxylic acids is 1. The van der Waals surface area contributed by atoms with Crippen LogP contribution in [0.5, 0.6) is 0 Å². The van der Waals surface area contributed by atoms with Crippen LogP contribution < -0.4 is 26.8 Å². The van der Waals surface area contributed by atoms with E-state index >= 15 is 0 Å². The smallest absolute Gasteiger partial charge is 0.326 e. The molecule has 12 nitrogen and oxygen atoms in total. The summed E-state index contributed by atoms with van der Waals surface area (Å²) in [7, 11) is -4.10. The minimum atomic E-state index is -4.10. The summed E-state index contributed by atoms with van der Waals surface area (Å²) in [5, 5.41) is 16.2.